The number of sulfonamides is 1. The summed E-state index contributed by atoms with van der Waals surface area (Å²) in [5, 5.41) is 0. The van der Waals surface area contributed by atoms with Crippen LogP contribution in [0.25, 0.3) is 0 Å². The number of ether oxygens (including phenoxy) is 1. The minimum absolute atomic E-state index is 0.549. The molecule has 0 aromatic heterocycles. The van der Waals surface area contributed by atoms with Gasteiger partial charge in [-0.1, -0.05) is 0 Å². The van der Waals surface area contributed by atoms with Crippen LogP contribution in [-0.4, -0.2) is 20.3 Å². The van der Waals surface area contributed by atoms with Gasteiger partial charge in [0.1, 0.15) is 5.75 Å². The number of hydrogen-bond acceptors (Lipinski definition) is 3. The van der Waals surface area contributed by atoms with Crippen molar-refractivity contribution in [2.75, 3.05) is 4.72 Å². The summed E-state index contributed by atoms with van der Waals surface area (Å²) < 4.78 is 97.3. The quantitative estimate of drug-likeness (QED) is 0.874. The van der Waals surface area contributed by atoms with Crippen LogP contribution in [0.3, 0.4) is 0 Å². The van der Waals surface area contributed by atoms with E-state index in [2.05, 4.69) is 4.74 Å². The van der Waals surface area contributed by atoms with Crippen molar-refractivity contribution in [3.63, 3.8) is 0 Å². The van der Waals surface area contributed by atoms with E-state index in [0.717, 1.165) is 4.72 Å². The predicted octanol–water partition coefficient (Wildman–Crippen LogP) is 2.85. The molecule has 1 aromatic rings. The van der Waals surface area contributed by atoms with Crippen molar-refractivity contribution in [3.8, 4) is 5.75 Å². The van der Waals surface area contributed by atoms with Gasteiger partial charge < -0.3 is 4.74 Å². The van der Waals surface area contributed by atoms with Gasteiger partial charge in [-0.15, -0.1) is 13.2 Å². The van der Waals surface area contributed by atoms with Crippen LogP contribution < -0.4 is 9.46 Å². The summed E-state index contributed by atoms with van der Waals surface area (Å²) in [6.45, 7) is 0. The number of hydrogen-bond donors (Lipinski definition) is 1. The molecule has 0 spiro atoms. The number of benzene rings is 1. The second-order valence-electron chi connectivity index (χ2n) is 3.12. The van der Waals surface area contributed by atoms with Gasteiger partial charge in [-0.2, -0.15) is 21.6 Å². The van der Waals surface area contributed by atoms with E-state index in [1.807, 2.05) is 0 Å². The predicted molar refractivity (Wildman–Crippen MR) is 51.7 cm³/mol. The molecule has 0 unspecified atom stereocenters. The average molecular weight is 309 g/mol. The van der Waals surface area contributed by atoms with E-state index in [-0.39, 0.29) is 0 Å². The van der Waals surface area contributed by atoms with Gasteiger partial charge in [0.05, 0.1) is 0 Å². The van der Waals surface area contributed by atoms with Crippen LogP contribution in [0.2, 0.25) is 0 Å². The highest BCUT2D eigenvalue weighted by molar-refractivity contribution is 7.93. The lowest BCUT2D eigenvalue weighted by Gasteiger charge is -2.12. The SMILES string of the molecule is O=S(=O)(Nc1ccc(OC(F)(F)F)cc1)C(F)(F)F. The molecule has 0 atom stereocenters. The van der Waals surface area contributed by atoms with E-state index in [0.29, 0.717) is 24.3 Å². The summed E-state index contributed by atoms with van der Waals surface area (Å²) in [7, 11) is -5.61. The monoisotopic (exact) mass is 309 g/mol. The molecule has 19 heavy (non-hydrogen) atoms. The van der Waals surface area contributed by atoms with Gasteiger partial charge in [-0.3, -0.25) is 4.72 Å². The molecule has 1 aromatic carbocycles. The van der Waals surface area contributed by atoms with Crippen LogP contribution in [0.4, 0.5) is 32.0 Å². The van der Waals surface area contributed by atoms with E-state index in [1.54, 1.807) is 0 Å². The van der Waals surface area contributed by atoms with Crippen molar-refractivity contribution in [2.45, 2.75) is 11.9 Å². The van der Waals surface area contributed by atoms with E-state index in [4.69, 9.17) is 0 Å². The Bertz CT molecular complexity index is 533. The summed E-state index contributed by atoms with van der Waals surface area (Å²) in [6, 6.07) is 2.73. The fourth-order valence-corrected chi connectivity index (χ4v) is 1.50. The van der Waals surface area contributed by atoms with Crippen molar-refractivity contribution >= 4 is 15.7 Å². The normalized spacial score (nSPS) is 13.2. The minimum atomic E-state index is -5.61. The summed E-state index contributed by atoms with van der Waals surface area (Å²) in [5.74, 6) is -0.692. The second-order valence-corrected chi connectivity index (χ2v) is 4.80. The first-order chi connectivity index (χ1) is 8.41. The molecule has 0 amide bonds. The largest absolute Gasteiger partial charge is 0.573 e. The fraction of sp³-hybridized carbons (Fsp3) is 0.250. The summed E-state index contributed by atoms with van der Waals surface area (Å²) >= 11 is 0. The zero-order valence-electron chi connectivity index (χ0n) is 8.71. The Balaban J connectivity index is 2.84. The molecule has 0 saturated carbocycles. The summed E-state index contributed by atoms with van der Waals surface area (Å²) in [4.78, 5) is 0. The molecule has 1 N–H and O–H groups in total. The molecule has 0 radical (unpaired) electrons. The maximum absolute atomic E-state index is 12.0. The van der Waals surface area contributed by atoms with Gasteiger partial charge in [-0.25, -0.2) is 0 Å². The summed E-state index contributed by atoms with van der Waals surface area (Å²) in [6.07, 6.45) is -4.95. The molecule has 1 rings (SSSR count). The standard InChI is InChI=1S/C8H5F6NO3S/c9-7(10,11)18-6-3-1-5(2-4-6)15-19(16,17)8(12,13)14/h1-4,15H. The van der Waals surface area contributed by atoms with Gasteiger partial charge in [0.2, 0.25) is 0 Å². The molecule has 0 aliphatic heterocycles. The smallest absolute Gasteiger partial charge is 0.406 e. The fourth-order valence-electron chi connectivity index (χ4n) is 0.938. The van der Waals surface area contributed by atoms with Crippen LogP contribution in [0.15, 0.2) is 24.3 Å². The van der Waals surface area contributed by atoms with E-state index in [9.17, 15) is 34.8 Å². The van der Waals surface area contributed by atoms with Gasteiger partial charge in [0.25, 0.3) is 0 Å². The van der Waals surface area contributed by atoms with Crippen molar-refractivity contribution in [1.82, 2.24) is 0 Å². The number of alkyl halides is 6. The van der Waals surface area contributed by atoms with Gasteiger partial charge in [-0.05, 0) is 24.3 Å². The highest BCUT2D eigenvalue weighted by Gasteiger charge is 2.46. The third-order valence-electron chi connectivity index (χ3n) is 1.64. The maximum atomic E-state index is 12.0. The molecule has 108 valence electrons. The maximum Gasteiger partial charge on any atom is 0.573 e. The zero-order chi connectivity index (χ0) is 14.9. The van der Waals surface area contributed by atoms with E-state index in [1.165, 1.54) is 0 Å². The van der Waals surface area contributed by atoms with Crippen molar-refractivity contribution in [3.05, 3.63) is 24.3 Å². The molecule has 0 aliphatic carbocycles. The van der Waals surface area contributed by atoms with Crippen molar-refractivity contribution in [1.29, 1.82) is 0 Å². The third kappa shape index (κ3) is 4.50. The Kier molecular flexibility index (Phi) is 3.89. The lowest BCUT2D eigenvalue weighted by molar-refractivity contribution is -0.274. The van der Waals surface area contributed by atoms with Crippen molar-refractivity contribution < 1.29 is 39.5 Å². The Morgan fingerprint density at radius 1 is 0.947 bits per heavy atom. The van der Waals surface area contributed by atoms with Gasteiger partial charge in [0, 0.05) is 5.69 Å². The third-order valence-corrected chi connectivity index (χ3v) is 2.76. The second kappa shape index (κ2) is 4.79. The molecule has 0 bridgehead atoms. The molecule has 0 heterocycles. The highest BCUT2D eigenvalue weighted by atomic mass is 32.2. The van der Waals surface area contributed by atoms with Gasteiger partial charge >= 0.3 is 21.9 Å². The molecular weight excluding hydrogens is 304 g/mol. The first-order valence-electron chi connectivity index (χ1n) is 4.36. The van der Waals surface area contributed by atoms with Crippen LogP contribution in [0.5, 0.6) is 5.75 Å². The molecular formula is C8H5F6NO3S. The molecule has 11 heteroatoms. The molecule has 0 saturated heterocycles. The molecule has 4 nitrogen and oxygen atoms in total. The number of halogens is 6. The Hall–Kier alpha value is -1.65. The molecule has 0 aliphatic rings. The average Bonchev–Trinajstić information content (AvgIpc) is 2.16. The van der Waals surface area contributed by atoms with Crippen LogP contribution >= 0.6 is 0 Å². The number of nitrogens with one attached hydrogen (secondary N) is 1. The Morgan fingerprint density at radius 2 is 1.42 bits per heavy atom. The van der Waals surface area contributed by atoms with Crippen LogP contribution in [0.1, 0.15) is 0 Å². The first-order valence-corrected chi connectivity index (χ1v) is 5.84. The zero-order valence-corrected chi connectivity index (χ0v) is 9.53. The van der Waals surface area contributed by atoms with E-state index >= 15 is 0 Å². The van der Waals surface area contributed by atoms with E-state index < -0.39 is 33.3 Å². The van der Waals surface area contributed by atoms with Crippen molar-refractivity contribution in [2.24, 2.45) is 0 Å². The summed E-state index contributed by atoms with van der Waals surface area (Å²) in [5.41, 5.74) is -6.07. The Labute approximate surface area is 103 Å². The Morgan fingerprint density at radius 3 is 1.79 bits per heavy atom. The molecule has 0 fully saturated rings. The number of anilines is 1. The van der Waals surface area contributed by atoms with Gasteiger partial charge in [0.15, 0.2) is 0 Å². The van der Waals surface area contributed by atoms with Crippen LogP contribution in [-0.2, 0) is 10.0 Å². The lowest BCUT2D eigenvalue weighted by Crippen LogP contribution is -2.29. The topological polar surface area (TPSA) is 55.4 Å². The van der Waals surface area contributed by atoms with Crippen LogP contribution in [0, 0.1) is 0 Å². The lowest BCUT2D eigenvalue weighted by atomic mass is 10.3. The number of rotatable bonds is 3. The first kappa shape index (κ1) is 15.4. The minimum Gasteiger partial charge on any atom is -0.406 e. The highest BCUT2D eigenvalue weighted by Crippen LogP contribution is 2.27.